The quantitative estimate of drug-likeness (QED) is 0.775. The van der Waals surface area contributed by atoms with E-state index in [1.807, 2.05) is 0 Å². The second-order valence-electron chi connectivity index (χ2n) is 5.35. The van der Waals surface area contributed by atoms with Crippen LogP contribution in [0.15, 0.2) is 0 Å². The van der Waals surface area contributed by atoms with E-state index < -0.39 is 0 Å². The standard InChI is InChI=1S/C13H25NO/c1-3-13(15)10(2)14-9-5-7-11-6-4-8-12(11)14/h10-13,15H,3-9H2,1-2H3. The van der Waals surface area contributed by atoms with Gasteiger partial charge < -0.3 is 5.11 Å². The van der Waals surface area contributed by atoms with Crippen molar-refractivity contribution in [3.05, 3.63) is 0 Å². The van der Waals surface area contributed by atoms with Crippen molar-refractivity contribution in [3.8, 4) is 0 Å². The van der Waals surface area contributed by atoms with Gasteiger partial charge in [0.05, 0.1) is 6.10 Å². The highest BCUT2D eigenvalue weighted by atomic mass is 16.3. The summed E-state index contributed by atoms with van der Waals surface area (Å²) in [4.78, 5) is 2.59. The average Bonchev–Trinajstić information content (AvgIpc) is 2.74. The number of nitrogens with zero attached hydrogens (tertiary/aromatic N) is 1. The Bertz CT molecular complexity index is 207. The third kappa shape index (κ3) is 2.21. The Morgan fingerprint density at radius 3 is 2.73 bits per heavy atom. The van der Waals surface area contributed by atoms with Crippen LogP contribution in [0.25, 0.3) is 0 Å². The molecule has 2 aliphatic rings. The number of rotatable bonds is 3. The molecule has 0 aromatic rings. The number of fused-ring (bicyclic) bond motifs is 1. The first-order chi connectivity index (χ1) is 7.24. The maximum absolute atomic E-state index is 9.96. The zero-order valence-corrected chi connectivity index (χ0v) is 10.2. The molecular weight excluding hydrogens is 186 g/mol. The van der Waals surface area contributed by atoms with Crippen LogP contribution in [0.2, 0.25) is 0 Å². The van der Waals surface area contributed by atoms with Crippen LogP contribution >= 0.6 is 0 Å². The molecule has 2 fully saturated rings. The number of aliphatic hydroxyl groups is 1. The summed E-state index contributed by atoms with van der Waals surface area (Å²) in [5, 5.41) is 9.96. The molecule has 2 heteroatoms. The molecule has 1 aliphatic heterocycles. The van der Waals surface area contributed by atoms with E-state index in [9.17, 15) is 5.11 Å². The molecule has 0 bridgehead atoms. The van der Waals surface area contributed by atoms with Gasteiger partial charge in [-0.15, -0.1) is 0 Å². The molecule has 4 unspecified atom stereocenters. The molecular formula is C13H25NO. The van der Waals surface area contributed by atoms with Crippen molar-refractivity contribution in [1.82, 2.24) is 4.90 Å². The minimum atomic E-state index is -0.135. The summed E-state index contributed by atoms with van der Waals surface area (Å²) >= 11 is 0. The third-order valence-corrected chi connectivity index (χ3v) is 4.53. The molecule has 0 radical (unpaired) electrons. The van der Waals surface area contributed by atoms with E-state index >= 15 is 0 Å². The minimum absolute atomic E-state index is 0.135. The molecule has 0 spiro atoms. The van der Waals surface area contributed by atoms with Crippen molar-refractivity contribution >= 4 is 0 Å². The second-order valence-corrected chi connectivity index (χ2v) is 5.35. The maximum atomic E-state index is 9.96. The molecule has 1 N–H and O–H groups in total. The summed E-state index contributed by atoms with van der Waals surface area (Å²) in [6, 6.07) is 1.15. The fraction of sp³-hybridized carbons (Fsp3) is 1.00. The first-order valence-corrected chi connectivity index (χ1v) is 6.67. The van der Waals surface area contributed by atoms with E-state index in [-0.39, 0.29) is 6.10 Å². The molecule has 15 heavy (non-hydrogen) atoms. The summed E-state index contributed by atoms with van der Waals surface area (Å²) in [5.41, 5.74) is 0. The Kier molecular flexibility index (Phi) is 3.68. The van der Waals surface area contributed by atoms with Gasteiger partial charge in [0.25, 0.3) is 0 Å². The fourth-order valence-corrected chi connectivity index (χ4v) is 3.56. The molecule has 1 saturated carbocycles. The number of hydrogen-bond acceptors (Lipinski definition) is 2. The molecule has 88 valence electrons. The highest BCUT2D eigenvalue weighted by Crippen LogP contribution is 2.38. The largest absolute Gasteiger partial charge is 0.392 e. The molecule has 1 saturated heterocycles. The molecule has 1 aliphatic carbocycles. The first kappa shape index (κ1) is 11.4. The van der Waals surface area contributed by atoms with Crippen molar-refractivity contribution in [2.75, 3.05) is 6.54 Å². The Hall–Kier alpha value is -0.0800. The zero-order chi connectivity index (χ0) is 10.8. The van der Waals surface area contributed by atoms with E-state index in [0.29, 0.717) is 6.04 Å². The van der Waals surface area contributed by atoms with Crippen LogP contribution in [0.4, 0.5) is 0 Å². The lowest BCUT2D eigenvalue weighted by Crippen LogP contribution is -2.51. The van der Waals surface area contributed by atoms with Gasteiger partial charge in [-0.2, -0.15) is 0 Å². The Labute approximate surface area is 93.7 Å². The minimum Gasteiger partial charge on any atom is -0.392 e. The van der Waals surface area contributed by atoms with Crippen LogP contribution in [-0.4, -0.2) is 34.7 Å². The van der Waals surface area contributed by atoms with Gasteiger partial charge in [0.1, 0.15) is 0 Å². The van der Waals surface area contributed by atoms with Gasteiger partial charge >= 0.3 is 0 Å². The molecule has 0 aromatic heterocycles. The highest BCUT2D eigenvalue weighted by molar-refractivity contribution is 4.92. The van der Waals surface area contributed by atoms with Crippen LogP contribution in [0.3, 0.4) is 0 Å². The van der Waals surface area contributed by atoms with E-state index in [4.69, 9.17) is 0 Å². The molecule has 4 atom stereocenters. The summed E-state index contributed by atoms with van der Waals surface area (Å²) in [6.07, 6.45) is 7.71. The van der Waals surface area contributed by atoms with Gasteiger partial charge in [-0.05, 0) is 51.5 Å². The van der Waals surface area contributed by atoms with E-state index in [1.54, 1.807) is 0 Å². The van der Waals surface area contributed by atoms with Crippen molar-refractivity contribution < 1.29 is 5.11 Å². The summed E-state index contributed by atoms with van der Waals surface area (Å²) < 4.78 is 0. The van der Waals surface area contributed by atoms with Crippen molar-refractivity contribution in [1.29, 1.82) is 0 Å². The molecule has 2 nitrogen and oxygen atoms in total. The second kappa shape index (κ2) is 4.84. The summed E-state index contributed by atoms with van der Waals surface area (Å²) in [5.74, 6) is 0.935. The topological polar surface area (TPSA) is 23.5 Å². The Morgan fingerprint density at radius 2 is 2.00 bits per heavy atom. The number of piperidine rings is 1. The van der Waals surface area contributed by atoms with Gasteiger partial charge in [0.2, 0.25) is 0 Å². The highest BCUT2D eigenvalue weighted by Gasteiger charge is 2.38. The Morgan fingerprint density at radius 1 is 1.27 bits per heavy atom. The maximum Gasteiger partial charge on any atom is 0.0690 e. The zero-order valence-electron chi connectivity index (χ0n) is 10.2. The van der Waals surface area contributed by atoms with Gasteiger partial charge in [-0.3, -0.25) is 4.90 Å². The summed E-state index contributed by atoms with van der Waals surface area (Å²) in [6.45, 7) is 5.49. The van der Waals surface area contributed by atoms with Gasteiger partial charge in [-0.1, -0.05) is 13.3 Å². The van der Waals surface area contributed by atoms with Crippen LogP contribution in [-0.2, 0) is 0 Å². The number of likely N-dealkylation sites (tertiary alicyclic amines) is 1. The summed E-state index contributed by atoms with van der Waals surface area (Å²) in [7, 11) is 0. The van der Waals surface area contributed by atoms with Crippen LogP contribution < -0.4 is 0 Å². The first-order valence-electron chi connectivity index (χ1n) is 6.67. The van der Waals surface area contributed by atoms with Gasteiger partial charge in [0.15, 0.2) is 0 Å². The molecule has 0 amide bonds. The SMILES string of the molecule is CCC(O)C(C)N1CCCC2CCCC21. The predicted octanol–water partition coefficient (Wildman–Crippen LogP) is 2.41. The predicted molar refractivity (Wildman–Crippen MR) is 62.8 cm³/mol. The van der Waals surface area contributed by atoms with Gasteiger partial charge in [0, 0.05) is 12.1 Å². The normalized spacial score (nSPS) is 36.2. The van der Waals surface area contributed by atoms with E-state index in [2.05, 4.69) is 18.7 Å². The molecule has 0 aromatic carbocycles. The molecule has 1 heterocycles. The lowest BCUT2D eigenvalue weighted by Gasteiger charge is -2.43. The average molecular weight is 211 g/mol. The lowest BCUT2D eigenvalue weighted by atomic mass is 9.90. The van der Waals surface area contributed by atoms with Gasteiger partial charge in [-0.25, -0.2) is 0 Å². The van der Waals surface area contributed by atoms with E-state index in [0.717, 1.165) is 18.4 Å². The van der Waals surface area contributed by atoms with E-state index in [1.165, 1.54) is 38.6 Å². The molecule has 2 rings (SSSR count). The Balaban J connectivity index is 2.00. The smallest absolute Gasteiger partial charge is 0.0690 e. The lowest BCUT2D eigenvalue weighted by molar-refractivity contribution is 0.00200. The van der Waals surface area contributed by atoms with Crippen LogP contribution in [0, 0.1) is 5.92 Å². The third-order valence-electron chi connectivity index (χ3n) is 4.53. The van der Waals surface area contributed by atoms with Crippen molar-refractivity contribution in [3.63, 3.8) is 0 Å². The fourth-order valence-electron chi connectivity index (χ4n) is 3.56. The van der Waals surface area contributed by atoms with Crippen LogP contribution in [0.1, 0.15) is 52.4 Å². The van der Waals surface area contributed by atoms with Crippen molar-refractivity contribution in [2.45, 2.75) is 70.6 Å². The number of hydrogen-bond donors (Lipinski definition) is 1. The van der Waals surface area contributed by atoms with Crippen molar-refractivity contribution in [2.24, 2.45) is 5.92 Å². The number of aliphatic hydroxyl groups excluding tert-OH is 1. The van der Waals surface area contributed by atoms with Crippen LogP contribution in [0.5, 0.6) is 0 Å². The monoisotopic (exact) mass is 211 g/mol.